The molecule has 1 aromatic heterocycles. The molecule has 0 unspecified atom stereocenters. The third kappa shape index (κ3) is 5.39. The van der Waals surface area contributed by atoms with Crippen LogP contribution in [0.25, 0.3) is 0 Å². The summed E-state index contributed by atoms with van der Waals surface area (Å²) in [6.45, 7) is 3.78. The van der Waals surface area contributed by atoms with E-state index in [1.54, 1.807) is 4.68 Å². The predicted octanol–water partition coefficient (Wildman–Crippen LogP) is 2.39. The predicted molar refractivity (Wildman–Crippen MR) is 106 cm³/mol. The first-order valence-corrected chi connectivity index (χ1v) is 11.5. The number of aromatic nitrogens is 4. The van der Waals surface area contributed by atoms with Crippen LogP contribution in [-0.2, 0) is 27.9 Å². The van der Waals surface area contributed by atoms with Gasteiger partial charge in [0.2, 0.25) is 10.0 Å². The third-order valence-electron chi connectivity index (χ3n) is 4.95. The molecule has 3 rings (SSSR count). The molecule has 1 aromatic carbocycles. The maximum atomic E-state index is 12.8. The molecule has 158 valence electrons. The molecule has 2 heterocycles. The van der Waals surface area contributed by atoms with Gasteiger partial charge in [-0.25, -0.2) is 17.9 Å². The molecule has 10 heteroatoms. The molecule has 0 atom stereocenters. The lowest BCUT2D eigenvalue weighted by molar-refractivity contribution is 0.0456. The summed E-state index contributed by atoms with van der Waals surface area (Å²) in [6, 6.07) is 5.88. The average molecular weight is 422 g/mol. The number of rotatable bonds is 8. The first-order chi connectivity index (χ1) is 14.0. The van der Waals surface area contributed by atoms with E-state index in [9.17, 15) is 13.2 Å². The number of sulfonamides is 1. The minimum atomic E-state index is -3.54. The number of tetrazole rings is 1. The molecule has 0 aliphatic carbocycles. The van der Waals surface area contributed by atoms with E-state index in [0.717, 1.165) is 38.5 Å². The van der Waals surface area contributed by atoms with Gasteiger partial charge in [-0.2, -0.15) is 4.31 Å². The molecule has 0 spiro atoms. The standard InChI is InChI=1S/C19H27N5O4S/c1-2-3-14-24-18(20-21-22-24)15-28-19(25)16-8-10-17(11-9-16)29(26,27)23-12-6-4-5-7-13-23/h8-11H,2-7,12-15H2,1H3. The summed E-state index contributed by atoms with van der Waals surface area (Å²) in [6.07, 6.45) is 5.80. The van der Waals surface area contributed by atoms with Crippen LogP contribution < -0.4 is 0 Å². The molecule has 0 radical (unpaired) electrons. The quantitative estimate of drug-likeness (QED) is 0.602. The van der Waals surface area contributed by atoms with Crippen molar-refractivity contribution in [2.45, 2.75) is 63.5 Å². The van der Waals surface area contributed by atoms with Gasteiger partial charge in [-0.1, -0.05) is 26.2 Å². The number of hydrogen-bond acceptors (Lipinski definition) is 7. The number of carbonyl (C=O) groups excluding carboxylic acids is 1. The van der Waals surface area contributed by atoms with E-state index < -0.39 is 16.0 Å². The maximum absolute atomic E-state index is 12.8. The van der Waals surface area contributed by atoms with Crippen LogP contribution in [0.5, 0.6) is 0 Å². The molecular formula is C19H27N5O4S. The van der Waals surface area contributed by atoms with Gasteiger partial charge in [0.05, 0.1) is 10.5 Å². The van der Waals surface area contributed by atoms with Crippen LogP contribution in [0.4, 0.5) is 0 Å². The summed E-state index contributed by atoms with van der Waals surface area (Å²) >= 11 is 0. The fourth-order valence-electron chi connectivity index (χ4n) is 3.22. The normalized spacial score (nSPS) is 15.8. The third-order valence-corrected chi connectivity index (χ3v) is 6.87. The molecule has 2 aromatic rings. The van der Waals surface area contributed by atoms with Gasteiger partial charge in [0.15, 0.2) is 12.4 Å². The first kappa shape index (κ1) is 21.4. The molecule has 9 nitrogen and oxygen atoms in total. The Balaban J connectivity index is 1.62. The van der Waals surface area contributed by atoms with Gasteiger partial charge in [-0.15, -0.1) is 5.10 Å². The molecule has 0 bridgehead atoms. The molecule has 1 aliphatic heterocycles. The van der Waals surface area contributed by atoms with E-state index in [4.69, 9.17) is 4.74 Å². The van der Waals surface area contributed by atoms with Crippen LogP contribution >= 0.6 is 0 Å². The fourth-order valence-corrected chi connectivity index (χ4v) is 4.73. The van der Waals surface area contributed by atoms with Crippen LogP contribution in [0.2, 0.25) is 0 Å². The lowest BCUT2D eigenvalue weighted by Gasteiger charge is -2.19. The van der Waals surface area contributed by atoms with Gasteiger partial charge < -0.3 is 4.74 Å². The molecule has 29 heavy (non-hydrogen) atoms. The van der Waals surface area contributed by atoms with E-state index >= 15 is 0 Å². The van der Waals surface area contributed by atoms with Gasteiger partial charge in [0.1, 0.15) is 0 Å². The molecule has 0 saturated carbocycles. The van der Waals surface area contributed by atoms with Crippen molar-refractivity contribution < 1.29 is 17.9 Å². The van der Waals surface area contributed by atoms with E-state index in [-0.39, 0.29) is 17.1 Å². The van der Waals surface area contributed by atoms with Crippen LogP contribution in [0, 0.1) is 0 Å². The van der Waals surface area contributed by atoms with Crippen LogP contribution in [0.1, 0.15) is 61.6 Å². The zero-order chi connectivity index (χ0) is 20.7. The number of nitrogens with zero attached hydrogens (tertiary/aromatic N) is 5. The summed E-state index contributed by atoms with van der Waals surface area (Å²) in [4.78, 5) is 12.5. The Hall–Kier alpha value is -2.33. The smallest absolute Gasteiger partial charge is 0.338 e. The number of esters is 1. The van der Waals surface area contributed by atoms with Crippen molar-refractivity contribution in [2.24, 2.45) is 0 Å². The number of hydrogen-bond donors (Lipinski definition) is 0. The summed E-state index contributed by atoms with van der Waals surface area (Å²) in [5, 5.41) is 11.4. The SMILES string of the molecule is CCCCn1nnnc1COC(=O)c1ccc(S(=O)(=O)N2CCCCCC2)cc1. The molecule has 0 amide bonds. The molecular weight excluding hydrogens is 394 g/mol. The number of ether oxygens (including phenoxy) is 1. The van der Waals surface area contributed by atoms with Crippen molar-refractivity contribution in [3.8, 4) is 0 Å². The zero-order valence-electron chi connectivity index (χ0n) is 16.7. The summed E-state index contributed by atoms with van der Waals surface area (Å²) in [5.41, 5.74) is 0.285. The molecule has 1 fully saturated rings. The van der Waals surface area contributed by atoms with Crippen molar-refractivity contribution in [3.05, 3.63) is 35.7 Å². The Kier molecular flexibility index (Phi) is 7.32. The second-order valence-electron chi connectivity index (χ2n) is 7.09. The number of benzene rings is 1. The van der Waals surface area contributed by atoms with Crippen LogP contribution in [-0.4, -0.2) is 52.0 Å². The largest absolute Gasteiger partial charge is 0.454 e. The van der Waals surface area contributed by atoms with Gasteiger partial charge >= 0.3 is 5.97 Å². The van der Waals surface area contributed by atoms with E-state index in [1.807, 2.05) is 0 Å². The number of aryl methyl sites for hydroxylation is 1. The Morgan fingerprint density at radius 2 is 1.79 bits per heavy atom. The van der Waals surface area contributed by atoms with E-state index in [2.05, 4.69) is 22.4 Å². The van der Waals surface area contributed by atoms with Gasteiger partial charge in [0.25, 0.3) is 0 Å². The molecule has 1 saturated heterocycles. The Bertz CT molecular complexity index is 903. The lowest BCUT2D eigenvalue weighted by atomic mass is 10.2. The number of carbonyl (C=O) groups is 1. The van der Waals surface area contributed by atoms with Gasteiger partial charge in [-0.05, 0) is 54.0 Å². The summed E-state index contributed by atoms with van der Waals surface area (Å²) in [7, 11) is -3.54. The van der Waals surface area contributed by atoms with Crippen molar-refractivity contribution in [1.29, 1.82) is 0 Å². The number of unbranched alkanes of at least 4 members (excludes halogenated alkanes) is 1. The second kappa shape index (κ2) is 9.93. The van der Waals surface area contributed by atoms with Crippen molar-refractivity contribution >= 4 is 16.0 Å². The van der Waals surface area contributed by atoms with Gasteiger partial charge in [0, 0.05) is 19.6 Å². The second-order valence-corrected chi connectivity index (χ2v) is 9.03. The van der Waals surface area contributed by atoms with Crippen molar-refractivity contribution in [2.75, 3.05) is 13.1 Å². The summed E-state index contributed by atoms with van der Waals surface area (Å²) < 4.78 is 34.1. The Morgan fingerprint density at radius 1 is 1.10 bits per heavy atom. The molecule has 0 N–H and O–H groups in total. The lowest BCUT2D eigenvalue weighted by Crippen LogP contribution is -2.31. The average Bonchev–Trinajstić information content (AvgIpc) is 2.99. The minimum absolute atomic E-state index is 0.0383. The Morgan fingerprint density at radius 3 is 2.45 bits per heavy atom. The monoisotopic (exact) mass is 421 g/mol. The highest BCUT2D eigenvalue weighted by molar-refractivity contribution is 7.89. The summed E-state index contributed by atoms with van der Waals surface area (Å²) in [5.74, 6) is -0.0686. The van der Waals surface area contributed by atoms with Crippen LogP contribution in [0.15, 0.2) is 29.2 Å². The van der Waals surface area contributed by atoms with Crippen molar-refractivity contribution in [3.63, 3.8) is 0 Å². The van der Waals surface area contributed by atoms with Crippen LogP contribution in [0.3, 0.4) is 0 Å². The van der Waals surface area contributed by atoms with E-state index in [1.165, 1.54) is 28.6 Å². The fraction of sp³-hybridized carbons (Fsp3) is 0.579. The van der Waals surface area contributed by atoms with Gasteiger partial charge in [-0.3, -0.25) is 0 Å². The Labute approximate surface area is 171 Å². The highest BCUT2D eigenvalue weighted by Gasteiger charge is 2.25. The highest BCUT2D eigenvalue weighted by Crippen LogP contribution is 2.21. The van der Waals surface area contributed by atoms with E-state index in [0.29, 0.717) is 25.5 Å². The zero-order valence-corrected chi connectivity index (χ0v) is 17.5. The maximum Gasteiger partial charge on any atom is 0.338 e. The van der Waals surface area contributed by atoms with Crippen molar-refractivity contribution in [1.82, 2.24) is 24.5 Å². The highest BCUT2D eigenvalue weighted by atomic mass is 32.2. The minimum Gasteiger partial charge on any atom is -0.454 e. The first-order valence-electron chi connectivity index (χ1n) is 10.0. The topological polar surface area (TPSA) is 107 Å². The molecule has 1 aliphatic rings.